The highest BCUT2D eigenvalue weighted by molar-refractivity contribution is 6.94. The van der Waals surface area contributed by atoms with Gasteiger partial charge in [0.05, 0.1) is 11.4 Å². The molecule has 12 aromatic rings. The molecule has 10 aromatic carbocycles. The fourth-order valence-electron chi connectivity index (χ4n) is 13.0. The van der Waals surface area contributed by atoms with Gasteiger partial charge in [0.15, 0.2) is 5.58 Å². The van der Waals surface area contributed by atoms with Gasteiger partial charge < -0.3 is 23.4 Å². The van der Waals surface area contributed by atoms with Gasteiger partial charge in [0.2, 0.25) is 0 Å². The smallest absolute Gasteiger partial charge is 0.333 e. The lowest BCUT2D eigenvalue weighted by Gasteiger charge is -2.46. The summed E-state index contributed by atoms with van der Waals surface area (Å²) in [6.45, 7) is 27.3. The number of para-hydroxylation sites is 2. The lowest BCUT2D eigenvalue weighted by Crippen LogP contribution is -2.61. The first-order valence-corrected chi connectivity index (χ1v) is 29.2. The minimum atomic E-state index is -0.377. The highest BCUT2D eigenvalue weighted by atomic mass is 16.3. The standard InChI is InChI=1S/C76H70BN3O2/c1-73(2,3)48-32-35-52(36-33-48)80-70-59(39-38-58-56-28-16-18-30-66(56)82-72(58)70)68-69-65(46-61-57-29-17-19-31-67(57)81-71(61)68)79(63-40-34-51(76(10,11)12)44-60(63)47-22-14-13-15-23-47)64-41-37-55(45-62(64)77(69)80)78(53-26-20-24-49(42-53)74(4,5)6)54-27-21-25-50(43-54)75(7,8)9/h13-46H,1-12H3. The van der Waals surface area contributed by atoms with Crippen LogP contribution in [-0.2, 0) is 21.7 Å². The molecular formula is C76H70BN3O2. The molecule has 0 N–H and O–H groups in total. The molecule has 6 heteroatoms. The van der Waals surface area contributed by atoms with Crippen LogP contribution in [0.5, 0.6) is 0 Å². The van der Waals surface area contributed by atoms with E-state index in [2.05, 4.69) is 304 Å². The summed E-state index contributed by atoms with van der Waals surface area (Å²) in [7, 11) is 0. The molecule has 0 unspecified atom stereocenters. The third kappa shape index (κ3) is 8.27. The van der Waals surface area contributed by atoms with Crippen LogP contribution in [0.4, 0.5) is 45.5 Å². The molecule has 14 rings (SSSR count). The van der Waals surface area contributed by atoms with Gasteiger partial charge in [-0.1, -0.05) is 198 Å². The van der Waals surface area contributed by atoms with Gasteiger partial charge in [0, 0.05) is 72.4 Å². The molecule has 0 amide bonds. The van der Waals surface area contributed by atoms with Crippen LogP contribution in [0.1, 0.15) is 105 Å². The van der Waals surface area contributed by atoms with E-state index in [4.69, 9.17) is 8.83 Å². The van der Waals surface area contributed by atoms with Gasteiger partial charge in [-0.25, -0.2) is 0 Å². The molecule has 0 atom stereocenters. The van der Waals surface area contributed by atoms with E-state index in [-0.39, 0.29) is 28.5 Å². The van der Waals surface area contributed by atoms with Crippen molar-refractivity contribution in [2.75, 3.05) is 14.6 Å². The molecule has 0 fully saturated rings. The van der Waals surface area contributed by atoms with Crippen LogP contribution in [-0.4, -0.2) is 6.85 Å². The maximum atomic E-state index is 7.30. The van der Waals surface area contributed by atoms with E-state index < -0.39 is 0 Å². The van der Waals surface area contributed by atoms with Gasteiger partial charge in [0.1, 0.15) is 16.7 Å². The van der Waals surface area contributed by atoms with E-state index in [0.717, 1.165) is 112 Å². The Labute approximate surface area is 483 Å². The molecule has 0 saturated carbocycles. The van der Waals surface area contributed by atoms with Gasteiger partial charge in [0.25, 0.3) is 0 Å². The third-order valence-corrected chi connectivity index (χ3v) is 17.4. The second-order valence-corrected chi connectivity index (χ2v) is 27.0. The normalized spacial score (nSPS) is 13.5. The SMILES string of the molecule is CC(C)(C)c1ccc(N2B3c4cc(N(c5cccc(C(C)(C)C)c5)c5cccc(C(C)(C)C)c5)ccc4N(c4ccc(C(C)(C)C)cc4-c4ccccc4)c4cc5c(oc6ccccc65)c(c43)-c3ccc4c(oc5ccccc54)c32)cc1. The number of hydrogen-bond donors (Lipinski definition) is 0. The zero-order valence-corrected chi connectivity index (χ0v) is 49.4. The number of benzene rings is 10. The number of nitrogens with zero attached hydrogens (tertiary/aromatic N) is 3. The number of anilines is 8. The van der Waals surface area contributed by atoms with Crippen molar-refractivity contribution in [3.63, 3.8) is 0 Å². The van der Waals surface area contributed by atoms with E-state index in [1.165, 1.54) is 33.3 Å². The number of furan rings is 2. The van der Waals surface area contributed by atoms with Gasteiger partial charge in [-0.15, -0.1) is 0 Å². The van der Waals surface area contributed by atoms with Crippen molar-refractivity contribution in [3.05, 3.63) is 229 Å². The zero-order valence-electron chi connectivity index (χ0n) is 49.4. The summed E-state index contributed by atoms with van der Waals surface area (Å²) >= 11 is 0. The molecule has 0 bridgehead atoms. The first-order chi connectivity index (χ1) is 39.2. The van der Waals surface area contributed by atoms with E-state index in [0.29, 0.717) is 0 Å². The molecule has 2 aromatic heterocycles. The van der Waals surface area contributed by atoms with Crippen LogP contribution in [0.3, 0.4) is 0 Å². The Hall–Kier alpha value is -8.74. The predicted octanol–water partition coefficient (Wildman–Crippen LogP) is 20.5. The summed E-state index contributed by atoms with van der Waals surface area (Å²) < 4.78 is 14.6. The van der Waals surface area contributed by atoms with Crippen molar-refractivity contribution in [1.29, 1.82) is 0 Å². The fourth-order valence-corrected chi connectivity index (χ4v) is 13.0. The van der Waals surface area contributed by atoms with E-state index >= 15 is 0 Å². The van der Waals surface area contributed by atoms with Crippen molar-refractivity contribution < 1.29 is 8.83 Å². The van der Waals surface area contributed by atoms with E-state index in [9.17, 15) is 0 Å². The Kier molecular flexibility index (Phi) is 11.5. The zero-order chi connectivity index (χ0) is 56.8. The monoisotopic (exact) mass is 1070 g/mol. The average Bonchev–Trinajstić information content (AvgIpc) is 2.73. The molecule has 0 radical (unpaired) electrons. The summed E-state index contributed by atoms with van der Waals surface area (Å²) in [5.41, 5.74) is 23.7. The van der Waals surface area contributed by atoms with Crippen LogP contribution in [0, 0.1) is 0 Å². The topological polar surface area (TPSA) is 36.0 Å². The molecule has 2 aliphatic heterocycles. The third-order valence-electron chi connectivity index (χ3n) is 17.4. The number of hydrogen-bond acceptors (Lipinski definition) is 5. The number of fused-ring (bicyclic) bond motifs is 12. The summed E-state index contributed by atoms with van der Waals surface area (Å²) in [5.74, 6) is 0. The minimum absolute atomic E-state index is 0.0547. The Balaban J connectivity index is 1.16. The molecule has 82 heavy (non-hydrogen) atoms. The maximum Gasteiger partial charge on any atom is 0.333 e. The predicted molar refractivity (Wildman–Crippen MR) is 350 cm³/mol. The quantitative estimate of drug-likeness (QED) is 0.155. The summed E-state index contributed by atoms with van der Waals surface area (Å²) in [4.78, 5) is 7.68. The molecule has 404 valence electrons. The van der Waals surface area contributed by atoms with E-state index in [1.54, 1.807) is 0 Å². The summed E-state index contributed by atoms with van der Waals surface area (Å²) in [6, 6.07) is 77.1. The first kappa shape index (κ1) is 51.4. The van der Waals surface area contributed by atoms with Crippen molar-refractivity contribution >= 4 is 107 Å². The highest BCUT2D eigenvalue weighted by Crippen LogP contribution is 2.55. The van der Waals surface area contributed by atoms with Crippen molar-refractivity contribution in [2.24, 2.45) is 0 Å². The van der Waals surface area contributed by atoms with Gasteiger partial charge in [-0.2, -0.15) is 0 Å². The highest BCUT2D eigenvalue weighted by Gasteiger charge is 2.48. The van der Waals surface area contributed by atoms with Crippen molar-refractivity contribution in [3.8, 4) is 22.3 Å². The molecule has 5 nitrogen and oxygen atoms in total. The van der Waals surface area contributed by atoms with E-state index in [1.807, 2.05) is 0 Å². The Morgan fingerprint density at radius 2 is 0.915 bits per heavy atom. The Morgan fingerprint density at radius 3 is 1.54 bits per heavy atom. The molecule has 0 aliphatic carbocycles. The average molecular weight is 1070 g/mol. The van der Waals surface area contributed by atoms with Gasteiger partial charge in [-0.3, -0.25) is 0 Å². The Morgan fingerprint density at radius 1 is 0.378 bits per heavy atom. The fraction of sp³-hybridized carbons (Fsp3) is 0.211. The molecule has 0 spiro atoms. The molecule has 2 aliphatic rings. The van der Waals surface area contributed by atoms with Crippen molar-refractivity contribution in [2.45, 2.75) is 105 Å². The summed E-state index contributed by atoms with van der Waals surface area (Å²) in [5, 5.41) is 4.32. The molecule has 4 heterocycles. The van der Waals surface area contributed by atoms with Gasteiger partial charge >= 0.3 is 6.85 Å². The van der Waals surface area contributed by atoms with Crippen LogP contribution < -0.4 is 25.5 Å². The van der Waals surface area contributed by atoms with Crippen LogP contribution >= 0.6 is 0 Å². The van der Waals surface area contributed by atoms with Crippen LogP contribution in [0.2, 0.25) is 0 Å². The molecular weight excluding hydrogens is 998 g/mol. The van der Waals surface area contributed by atoms with Crippen LogP contribution in [0.25, 0.3) is 66.1 Å². The largest absolute Gasteiger partial charge is 0.455 e. The summed E-state index contributed by atoms with van der Waals surface area (Å²) in [6.07, 6.45) is 0. The second kappa shape index (κ2) is 18.4. The Bertz CT molecular complexity index is 4460. The lowest BCUT2D eigenvalue weighted by molar-refractivity contribution is 0.590. The maximum absolute atomic E-state index is 7.30. The van der Waals surface area contributed by atoms with Crippen LogP contribution in [0.15, 0.2) is 215 Å². The number of rotatable bonds is 6. The minimum Gasteiger partial charge on any atom is -0.455 e. The van der Waals surface area contributed by atoms with Crippen molar-refractivity contribution in [1.82, 2.24) is 0 Å². The van der Waals surface area contributed by atoms with Gasteiger partial charge in [-0.05, 0) is 151 Å². The second-order valence-electron chi connectivity index (χ2n) is 27.0. The lowest BCUT2D eigenvalue weighted by atomic mass is 9.43. The first-order valence-electron chi connectivity index (χ1n) is 29.2. The molecule has 0 saturated heterocycles.